The fourth-order valence-corrected chi connectivity index (χ4v) is 5.73. The molecule has 0 radical (unpaired) electrons. The van der Waals surface area contributed by atoms with Gasteiger partial charge in [-0.2, -0.15) is 15.1 Å². The summed E-state index contributed by atoms with van der Waals surface area (Å²) in [4.78, 5) is 27.7. The molecule has 2 atom stereocenters. The van der Waals surface area contributed by atoms with Gasteiger partial charge in [0.2, 0.25) is 17.8 Å². The molecule has 4 fully saturated rings. The van der Waals surface area contributed by atoms with Crippen molar-refractivity contribution in [2.24, 2.45) is 0 Å². The van der Waals surface area contributed by atoms with Crippen LogP contribution in [0.5, 0.6) is 0 Å². The Morgan fingerprint density at radius 1 is 1.06 bits per heavy atom. The molecule has 0 spiro atoms. The zero-order chi connectivity index (χ0) is 23.4. The van der Waals surface area contributed by atoms with Crippen LogP contribution in [0.4, 0.5) is 17.7 Å². The summed E-state index contributed by atoms with van der Waals surface area (Å²) in [5, 5.41) is 14.3. The minimum absolute atomic E-state index is 0.111. The highest BCUT2D eigenvalue weighted by atomic mass is 16.2. The summed E-state index contributed by atoms with van der Waals surface area (Å²) in [6, 6.07) is 6.75. The molecule has 184 valence electrons. The molecule has 5 heterocycles. The molecule has 0 unspecified atom stereocenters. The number of aromatic amines is 1. The molecule has 3 aromatic heterocycles. The molecular formula is C25H33N9O. The monoisotopic (exact) mass is 475 g/mol. The number of aromatic nitrogens is 5. The lowest BCUT2D eigenvalue weighted by atomic mass is 10.0. The topological polar surface area (TPSA) is 106 Å². The fourth-order valence-electron chi connectivity index (χ4n) is 5.73. The van der Waals surface area contributed by atoms with Crippen molar-refractivity contribution < 1.29 is 4.79 Å². The van der Waals surface area contributed by atoms with E-state index in [2.05, 4.69) is 36.7 Å². The summed E-state index contributed by atoms with van der Waals surface area (Å²) >= 11 is 0. The van der Waals surface area contributed by atoms with E-state index in [-0.39, 0.29) is 18.0 Å². The van der Waals surface area contributed by atoms with Crippen molar-refractivity contribution >= 4 is 29.3 Å². The Morgan fingerprint density at radius 3 is 2.80 bits per heavy atom. The number of rotatable bonds is 7. The Hall–Kier alpha value is -3.14. The molecule has 2 aliphatic heterocycles. The van der Waals surface area contributed by atoms with Crippen LogP contribution in [0.25, 0.3) is 5.65 Å². The Bertz CT molecular complexity index is 1230. The molecule has 10 heteroatoms. The lowest BCUT2D eigenvalue weighted by Gasteiger charge is -2.34. The van der Waals surface area contributed by atoms with Gasteiger partial charge < -0.3 is 15.5 Å². The Morgan fingerprint density at radius 2 is 1.94 bits per heavy atom. The maximum absolute atomic E-state index is 13.4. The lowest BCUT2D eigenvalue weighted by Crippen LogP contribution is -2.53. The third kappa shape index (κ3) is 4.24. The molecule has 2 saturated carbocycles. The molecular weight excluding hydrogens is 442 g/mol. The number of anilines is 3. The Kier molecular flexibility index (Phi) is 5.15. The first kappa shape index (κ1) is 21.2. The molecule has 10 nitrogen and oxygen atoms in total. The maximum Gasteiger partial charge on any atom is 0.243 e. The largest absolute Gasteiger partial charge is 0.350 e. The van der Waals surface area contributed by atoms with Gasteiger partial charge in [0.25, 0.3) is 0 Å². The van der Waals surface area contributed by atoms with E-state index in [1.165, 1.54) is 37.9 Å². The average Bonchev–Trinajstić information content (AvgIpc) is 3.74. The molecule has 7 rings (SSSR count). The molecule has 4 aliphatic rings. The van der Waals surface area contributed by atoms with E-state index in [9.17, 15) is 4.79 Å². The molecule has 0 bridgehead atoms. The van der Waals surface area contributed by atoms with Gasteiger partial charge in [0.05, 0.1) is 0 Å². The third-order valence-electron chi connectivity index (χ3n) is 7.91. The molecule has 2 aliphatic carbocycles. The second-order valence-corrected chi connectivity index (χ2v) is 10.6. The molecule has 2 saturated heterocycles. The van der Waals surface area contributed by atoms with Crippen LogP contribution in [-0.4, -0.2) is 73.1 Å². The molecule has 35 heavy (non-hydrogen) atoms. The minimum atomic E-state index is -0.233. The molecule has 3 N–H and O–H groups in total. The Labute approximate surface area is 204 Å². The predicted molar refractivity (Wildman–Crippen MR) is 133 cm³/mol. The number of H-pyrrole nitrogens is 1. The second-order valence-electron chi connectivity index (χ2n) is 10.6. The normalized spacial score (nSPS) is 25.3. The van der Waals surface area contributed by atoms with E-state index in [1.54, 1.807) is 0 Å². The number of hydrogen-bond donors (Lipinski definition) is 3. The van der Waals surface area contributed by atoms with Gasteiger partial charge in [0.1, 0.15) is 11.7 Å². The van der Waals surface area contributed by atoms with Gasteiger partial charge >= 0.3 is 0 Å². The van der Waals surface area contributed by atoms with Crippen molar-refractivity contribution in [3.63, 3.8) is 0 Å². The SMILES string of the molecule is O=C(N[C@@H]1CCCN(C2CC2)C1)[C@@H]1CCCN1c1nc(Nc2cc(C3CC3)[nH]n2)n2cccc2n1. The highest BCUT2D eigenvalue weighted by molar-refractivity contribution is 5.85. The van der Waals surface area contributed by atoms with Crippen molar-refractivity contribution in [3.8, 4) is 0 Å². The van der Waals surface area contributed by atoms with E-state index in [0.717, 1.165) is 56.3 Å². The number of fused-ring (bicyclic) bond motifs is 1. The van der Waals surface area contributed by atoms with E-state index in [0.29, 0.717) is 17.8 Å². The number of nitrogens with one attached hydrogen (secondary N) is 3. The zero-order valence-corrected chi connectivity index (χ0v) is 20.0. The Balaban J connectivity index is 1.10. The summed E-state index contributed by atoms with van der Waals surface area (Å²) in [5.74, 6) is 2.72. The minimum Gasteiger partial charge on any atom is -0.350 e. The van der Waals surface area contributed by atoms with E-state index < -0.39 is 0 Å². The van der Waals surface area contributed by atoms with Gasteiger partial charge in [-0.25, -0.2) is 0 Å². The van der Waals surface area contributed by atoms with Gasteiger partial charge in [0.15, 0.2) is 5.82 Å². The number of piperidine rings is 1. The predicted octanol–water partition coefficient (Wildman–Crippen LogP) is 2.79. The number of likely N-dealkylation sites (tertiary alicyclic amines) is 1. The number of carbonyl (C=O) groups is 1. The number of amides is 1. The smallest absolute Gasteiger partial charge is 0.243 e. The van der Waals surface area contributed by atoms with Crippen LogP contribution in [0.15, 0.2) is 24.4 Å². The first-order chi connectivity index (χ1) is 17.2. The number of carbonyl (C=O) groups excluding carboxylic acids is 1. The standard InChI is InChI=1S/C25H33N9O/c35-23(26-17-4-1-11-32(15-17)18-9-10-18)20-5-2-12-33(20)25-28-22-6-3-13-34(22)24(29-25)27-21-14-19(30-31-21)16-7-8-16/h3,6,13-14,16-18,20H,1-2,4-5,7-12,15H2,(H,26,35)(H2,27,28,29,30,31)/t17-,20+/m1/s1. The summed E-state index contributed by atoms with van der Waals surface area (Å²) in [5.41, 5.74) is 1.97. The summed E-state index contributed by atoms with van der Waals surface area (Å²) < 4.78 is 1.93. The van der Waals surface area contributed by atoms with Crippen LogP contribution in [0.1, 0.15) is 63.0 Å². The second kappa shape index (κ2) is 8.51. The van der Waals surface area contributed by atoms with Crippen LogP contribution in [-0.2, 0) is 4.79 Å². The number of hydrogen-bond acceptors (Lipinski definition) is 7. The first-order valence-electron chi connectivity index (χ1n) is 13.2. The van der Waals surface area contributed by atoms with Gasteiger partial charge in [-0.3, -0.25) is 19.2 Å². The molecule has 1 amide bonds. The van der Waals surface area contributed by atoms with Crippen LogP contribution in [0.2, 0.25) is 0 Å². The maximum atomic E-state index is 13.4. The summed E-state index contributed by atoms with van der Waals surface area (Å²) in [6.07, 6.45) is 11.0. The lowest BCUT2D eigenvalue weighted by molar-refractivity contribution is -0.123. The first-order valence-corrected chi connectivity index (χ1v) is 13.2. The van der Waals surface area contributed by atoms with Crippen molar-refractivity contribution in [1.29, 1.82) is 0 Å². The van der Waals surface area contributed by atoms with Crippen molar-refractivity contribution in [2.75, 3.05) is 29.9 Å². The van der Waals surface area contributed by atoms with Crippen LogP contribution < -0.4 is 15.5 Å². The third-order valence-corrected chi connectivity index (χ3v) is 7.91. The highest BCUT2D eigenvalue weighted by Crippen LogP contribution is 2.39. The summed E-state index contributed by atoms with van der Waals surface area (Å²) in [7, 11) is 0. The zero-order valence-electron chi connectivity index (χ0n) is 20.0. The molecule has 3 aromatic rings. The van der Waals surface area contributed by atoms with Gasteiger partial charge in [0, 0.05) is 49.0 Å². The van der Waals surface area contributed by atoms with Crippen molar-refractivity contribution in [3.05, 3.63) is 30.1 Å². The van der Waals surface area contributed by atoms with Crippen LogP contribution >= 0.6 is 0 Å². The fraction of sp³-hybridized carbons (Fsp3) is 0.600. The molecule has 0 aromatic carbocycles. The van der Waals surface area contributed by atoms with Crippen LogP contribution in [0, 0.1) is 0 Å². The van der Waals surface area contributed by atoms with E-state index in [4.69, 9.17) is 9.97 Å². The van der Waals surface area contributed by atoms with Crippen molar-refractivity contribution in [1.82, 2.24) is 34.8 Å². The quantitative estimate of drug-likeness (QED) is 0.482. The van der Waals surface area contributed by atoms with E-state index in [1.807, 2.05) is 22.7 Å². The highest BCUT2D eigenvalue weighted by Gasteiger charge is 2.37. The van der Waals surface area contributed by atoms with Gasteiger partial charge in [-0.05, 0) is 70.0 Å². The van der Waals surface area contributed by atoms with Crippen molar-refractivity contribution in [2.45, 2.75) is 75.4 Å². The van der Waals surface area contributed by atoms with E-state index >= 15 is 0 Å². The number of nitrogens with zero attached hydrogens (tertiary/aromatic N) is 6. The van der Waals surface area contributed by atoms with Gasteiger partial charge in [-0.1, -0.05) is 0 Å². The van der Waals surface area contributed by atoms with Crippen LogP contribution in [0.3, 0.4) is 0 Å². The average molecular weight is 476 g/mol. The summed E-state index contributed by atoms with van der Waals surface area (Å²) in [6.45, 7) is 2.93. The van der Waals surface area contributed by atoms with Gasteiger partial charge in [-0.15, -0.1) is 0 Å².